The summed E-state index contributed by atoms with van der Waals surface area (Å²) in [6.45, 7) is 1.84. The average Bonchev–Trinajstić information content (AvgIpc) is 3.39. The molecule has 0 saturated heterocycles. The number of hydrogen-bond acceptors (Lipinski definition) is 6. The van der Waals surface area contributed by atoms with E-state index in [9.17, 15) is 9.18 Å². The Bertz CT molecular complexity index is 1390. The number of hydrogen-bond donors (Lipinski definition) is 0. The molecule has 2 aromatic carbocycles. The van der Waals surface area contributed by atoms with Gasteiger partial charge in [0.15, 0.2) is 11.9 Å². The van der Waals surface area contributed by atoms with Crippen LogP contribution in [0, 0.1) is 12.7 Å². The quantitative estimate of drug-likeness (QED) is 0.328. The van der Waals surface area contributed by atoms with Crippen LogP contribution in [-0.2, 0) is 11.3 Å². The van der Waals surface area contributed by atoms with E-state index in [0.717, 1.165) is 22.4 Å². The minimum atomic E-state index is -0.335. The second-order valence-electron chi connectivity index (χ2n) is 8.54. The van der Waals surface area contributed by atoms with E-state index in [4.69, 9.17) is 4.84 Å². The predicted molar refractivity (Wildman–Crippen MR) is 130 cm³/mol. The van der Waals surface area contributed by atoms with Crippen molar-refractivity contribution in [3.63, 3.8) is 0 Å². The molecule has 0 bridgehead atoms. The smallest absolute Gasteiger partial charge is 0.174 e. The number of nitrogens with zero attached hydrogens (tertiary/aromatic N) is 4. The van der Waals surface area contributed by atoms with Gasteiger partial charge in [-0.2, -0.15) is 0 Å². The molecule has 174 valence electrons. The van der Waals surface area contributed by atoms with Crippen molar-refractivity contribution in [3.8, 4) is 11.1 Å². The lowest BCUT2D eigenvalue weighted by Gasteiger charge is -2.11. The molecule has 1 aliphatic rings. The molecule has 0 fully saturated rings. The second-order valence-corrected chi connectivity index (χ2v) is 8.54. The Morgan fingerprint density at radius 3 is 2.66 bits per heavy atom. The molecule has 1 aliphatic heterocycles. The first-order chi connectivity index (χ1) is 17.1. The van der Waals surface area contributed by atoms with Crippen LogP contribution in [0.2, 0.25) is 0 Å². The number of benzene rings is 2. The fourth-order valence-corrected chi connectivity index (χ4v) is 4.10. The predicted octanol–water partition coefficient (Wildman–Crippen LogP) is 5.67. The van der Waals surface area contributed by atoms with Gasteiger partial charge >= 0.3 is 0 Å². The molecular formula is C28H23FN4O2. The summed E-state index contributed by atoms with van der Waals surface area (Å²) in [6.07, 6.45) is 7.58. The maximum absolute atomic E-state index is 14.9. The van der Waals surface area contributed by atoms with Crippen LogP contribution in [0.25, 0.3) is 11.1 Å². The second kappa shape index (κ2) is 9.93. The van der Waals surface area contributed by atoms with Crippen LogP contribution in [0.1, 0.15) is 51.7 Å². The molecule has 0 amide bonds. The summed E-state index contributed by atoms with van der Waals surface area (Å²) >= 11 is 0. The molecule has 7 heteroatoms. The first-order valence-corrected chi connectivity index (χ1v) is 11.4. The number of aryl methyl sites for hydroxylation is 2. The summed E-state index contributed by atoms with van der Waals surface area (Å²) in [5.74, 6) is -0.386. The first kappa shape index (κ1) is 22.5. The number of oxime groups is 1. The maximum Gasteiger partial charge on any atom is 0.174 e. The van der Waals surface area contributed by atoms with E-state index in [1.54, 1.807) is 30.7 Å². The average molecular weight is 467 g/mol. The Kier molecular flexibility index (Phi) is 6.39. The number of carbonyl (C=O) groups is 1. The van der Waals surface area contributed by atoms with Crippen LogP contribution in [-0.4, -0.2) is 26.4 Å². The van der Waals surface area contributed by atoms with Gasteiger partial charge in [0.2, 0.25) is 0 Å². The largest absolute Gasteiger partial charge is 0.385 e. The summed E-state index contributed by atoms with van der Waals surface area (Å²) in [4.78, 5) is 31.2. The third kappa shape index (κ3) is 5.14. The van der Waals surface area contributed by atoms with E-state index in [1.165, 1.54) is 12.4 Å². The van der Waals surface area contributed by atoms with Gasteiger partial charge in [-0.25, -0.2) is 14.4 Å². The number of Topliss-reactive ketones (excluding diaryl/α,β-unsaturated/α-hetero) is 1. The molecule has 0 spiro atoms. The molecule has 3 heterocycles. The van der Waals surface area contributed by atoms with Crippen molar-refractivity contribution in [2.75, 3.05) is 0 Å². The van der Waals surface area contributed by atoms with Crippen molar-refractivity contribution in [3.05, 3.63) is 113 Å². The van der Waals surface area contributed by atoms with Crippen LogP contribution < -0.4 is 0 Å². The highest BCUT2D eigenvalue weighted by Crippen LogP contribution is 2.32. The van der Waals surface area contributed by atoms with Crippen molar-refractivity contribution in [2.45, 2.75) is 32.3 Å². The SMILES string of the molecule is Cc1ccc(-c2cc(C(=O)CCc3cncnc3)cc(C3=NOC(c4ccccn4)C3)c2)c(F)c1. The van der Waals surface area contributed by atoms with Gasteiger partial charge in [0.05, 0.1) is 11.4 Å². The van der Waals surface area contributed by atoms with Crippen molar-refractivity contribution in [1.82, 2.24) is 15.0 Å². The number of ketones is 1. The van der Waals surface area contributed by atoms with Crippen LogP contribution >= 0.6 is 0 Å². The van der Waals surface area contributed by atoms with E-state index in [-0.39, 0.29) is 24.1 Å². The van der Waals surface area contributed by atoms with Crippen LogP contribution in [0.5, 0.6) is 0 Å². The number of aromatic nitrogens is 3. The lowest BCUT2D eigenvalue weighted by Crippen LogP contribution is -2.07. The minimum absolute atomic E-state index is 0.0507. The van der Waals surface area contributed by atoms with E-state index in [1.807, 2.05) is 43.3 Å². The van der Waals surface area contributed by atoms with Gasteiger partial charge < -0.3 is 4.84 Å². The lowest BCUT2D eigenvalue weighted by molar-refractivity contribution is 0.0826. The van der Waals surface area contributed by atoms with Crippen LogP contribution in [0.3, 0.4) is 0 Å². The third-order valence-corrected chi connectivity index (χ3v) is 5.97. The summed E-state index contributed by atoms with van der Waals surface area (Å²) < 4.78 is 14.9. The van der Waals surface area contributed by atoms with E-state index >= 15 is 0 Å². The van der Waals surface area contributed by atoms with E-state index in [0.29, 0.717) is 35.2 Å². The Balaban J connectivity index is 1.47. The van der Waals surface area contributed by atoms with Gasteiger partial charge in [0.25, 0.3) is 0 Å². The van der Waals surface area contributed by atoms with Crippen LogP contribution in [0.4, 0.5) is 4.39 Å². The summed E-state index contributed by atoms with van der Waals surface area (Å²) in [5, 5.41) is 4.28. The highest BCUT2D eigenvalue weighted by atomic mass is 19.1. The van der Waals surface area contributed by atoms with E-state index < -0.39 is 0 Å². The molecule has 1 atom stereocenters. The Hall–Kier alpha value is -4.26. The molecule has 0 saturated carbocycles. The topological polar surface area (TPSA) is 77.3 Å². The molecule has 4 aromatic rings. The van der Waals surface area contributed by atoms with Gasteiger partial charge in [-0.3, -0.25) is 9.78 Å². The highest BCUT2D eigenvalue weighted by Gasteiger charge is 2.26. The van der Waals surface area contributed by atoms with Crippen molar-refractivity contribution in [1.29, 1.82) is 0 Å². The molecular weight excluding hydrogens is 443 g/mol. The molecule has 5 rings (SSSR count). The van der Waals surface area contributed by atoms with Gasteiger partial charge in [-0.15, -0.1) is 0 Å². The fourth-order valence-electron chi connectivity index (χ4n) is 4.10. The normalized spacial score (nSPS) is 14.9. The molecule has 35 heavy (non-hydrogen) atoms. The van der Waals surface area contributed by atoms with Gasteiger partial charge in [-0.1, -0.05) is 23.4 Å². The van der Waals surface area contributed by atoms with Crippen LogP contribution in [0.15, 0.2) is 84.7 Å². The molecule has 6 nitrogen and oxygen atoms in total. The Labute approximate surface area is 202 Å². The zero-order valence-electron chi connectivity index (χ0n) is 19.2. The summed E-state index contributed by atoms with van der Waals surface area (Å²) in [5.41, 5.74) is 5.47. The van der Waals surface area contributed by atoms with Crippen molar-refractivity contribution in [2.24, 2.45) is 5.16 Å². The molecule has 0 radical (unpaired) electrons. The van der Waals surface area contributed by atoms with Crippen molar-refractivity contribution < 1.29 is 14.0 Å². The van der Waals surface area contributed by atoms with Gasteiger partial charge in [0.1, 0.15) is 12.1 Å². The lowest BCUT2D eigenvalue weighted by atomic mass is 9.92. The molecule has 0 N–H and O–H groups in total. The maximum atomic E-state index is 14.9. The van der Waals surface area contributed by atoms with Gasteiger partial charge in [-0.05, 0) is 66.4 Å². The Morgan fingerprint density at radius 1 is 1.06 bits per heavy atom. The molecule has 2 aromatic heterocycles. The Morgan fingerprint density at radius 2 is 1.89 bits per heavy atom. The zero-order valence-corrected chi connectivity index (χ0v) is 19.2. The monoisotopic (exact) mass is 466 g/mol. The third-order valence-electron chi connectivity index (χ3n) is 5.97. The zero-order chi connectivity index (χ0) is 24.2. The number of pyridine rings is 1. The standard InChI is InChI=1S/C28H23FN4O2/c1-18-5-7-23(24(29)10-18)20-11-21(26-14-28(35-33-26)25-4-2-3-9-32-25)13-22(12-20)27(34)8-6-19-15-30-17-31-16-19/h2-5,7,9-13,15-17,28H,6,8,14H2,1H3. The summed E-state index contributed by atoms with van der Waals surface area (Å²) in [7, 11) is 0. The first-order valence-electron chi connectivity index (χ1n) is 11.4. The van der Waals surface area contributed by atoms with Crippen molar-refractivity contribution >= 4 is 11.5 Å². The molecule has 1 unspecified atom stereocenters. The highest BCUT2D eigenvalue weighted by molar-refractivity contribution is 6.05. The minimum Gasteiger partial charge on any atom is -0.385 e. The molecule has 0 aliphatic carbocycles. The number of rotatable bonds is 7. The summed E-state index contributed by atoms with van der Waals surface area (Å²) in [6, 6.07) is 16.1. The fraction of sp³-hybridized carbons (Fsp3) is 0.179. The number of carbonyl (C=O) groups excluding carboxylic acids is 1. The number of halogens is 1. The van der Waals surface area contributed by atoms with Gasteiger partial charge in [0, 0.05) is 48.1 Å². The van der Waals surface area contributed by atoms with E-state index in [2.05, 4.69) is 20.1 Å².